The van der Waals surface area contributed by atoms with Gasteiger partial charge in [-0.05, 0) is 115 Å². The summed E-state index contributed by atoms with van der Waals surface area (Å²) in [6.45, 7) is 0. The Balaban J connectivity index is 1.10. The minimum atomic E-state index is 0.804. The monoisotopic (exact) mass is 750 g/mol. The summed E-state index contributed by atoms with van der Waals surface area (Å²) >= 11 is 1.24. The third-order valence-electron chi connectivity index (χ3n) is 10.8. The molecular formula is C50H34N6S+2. The van der Waals surface area contributed by atoms with E-state index in [0.29, 0.717) is 0 Å². The van der Waals surface area contributed by atoms with Gasteiger partial charge in [0.15, 0.2) is 11.4 Å². The van der Waals surface area contributed by atoms with Crippen LogP contribution in [0.3, 0.4) is 0 Å². The van der Waals surface area contributed by atoms with Crippen LogP contribution in [0.25, 0.3) is 56.0 Å². The predicted octanol–water partition coefficient (Wildman–Crippen LogP) is 12.0. The highest BCUT2D eigenvalue weighted by molar-refractivity contribution is 6.99. The lowest BCUT2D eigenvalue weighted by Gasteiger charge is -2.25. The van der Waals surface area contributed by atoms with Gasteiger partial charge in [0.1, 0.15) is 11.4 Å². The molecule has 6 nitrogen and oxygen atoms in total. The molecule has 0 N–H and O–H groups in total. The zero-order chi connectivity index (χ0) is 37.7. The van der Waals surface area contributed by atoms with Crippen molar-refractivity contribution in [3.63, 3.8) is 0 Å². The van der Waals surface area contributed by atoms with Crippen LogP contribution in [0.5, 0.6) is 0 Å². The van der Waals surface area contributed by atoms with E-state index in [1.165, 1.54) is 33.6 Å². The zero-order valence-electron chi connectivity index (χ0n) is 30.7. The first-order valence-electron chi connectivity index (χ1n) is 19.0. The molecule has 7 heteroatoms. The fourth-order valence-electron chi connectivity index (χ4n) is 8.32. The first kappa shape index (κ1) is 32.9. The van der Waals surface area contributed by atoms with Gasteiger partial charge in [-0.3, -0.25) is 0 Å². The van der Waals surface area contributed by atoms with Gasteiger partial charge in [0, 0.05) is 50.6 Å². The van der Waals surface area contributed by atoms with Crippen molar-refractivity contribution in [3.8, 4) is 33.9 Å². The molecule has 2 aromatic heterocycles. The molecule has 0 bridgehead atoms. The molecule has 1 aliphatic rings. The summed E-state index contributed by atoms with van der Waals surface area (Å²) in [7, 11) is 0. The van der Waals surface area contributed by atoms with Crippen LogP contribution in [0.4, 0.5) is 34.1 Å². The maximum absolute atomic E-state index is 5.02. The van der Waals surface area contributed by atoms with E-state index in [1.54, 1.807) is 0 Å². The minimum Gasteiger partial charge on any atom is -0.311 e. The number of hydrogen-bond acceptors (Lipinski definition) is 5. The Labute approximate surface area is 334 Å². The molecule has 8 aromatic carbocycles. The Bertz CT molecular complexity index is 2760. The number of anilines is 6. The summed E-state index contributed by atoms with van der Waals surface area (Å²) in [6, 6.07) is 72.9. The lowest BCUT2D eigenvalue weighted by molar-refractivity contribution is -0.604. The third-order valence-corrected chi connectivity index (χ3v) is 11.3. The maximum Gasteiger partial charge on any atom is 0.443 e. The Hall–Kier alpha value is -7.48. The predicted molar refractivity (Wildman–Crippen MR) is 232 cm³/mol. The van der Waals surface area contributed by atoms with Gasteiger partial charge >= 0.3 is 23.0 Å². The smallest absolute Gasteiger partial charge is 0.311 e. The Kier molecular flexibility index (Phi) is 7.89. The van der Waals surface area contributed by atoms with Crippen molar-refractivity contribution in [1.29, 1.82) is 0 Å². The number of benzene rings is 8. The van der Waals surface area contributed by atoms with E-state index >= 15 is 0 Å². The summed E-state index contributed by atoms with van der Waals surface area (Å²) in [4.78, 5) is 4.57. The molecular weight excluding hydrogens is 717 g/mol. The SMILES string of the molecule is c1ccc(N(c2ccccc2)c2ccc(-[n+]3c4c([n+](-c5ccc(N(c6ccccc6)c6ccccc6)cc5)c5nsnc53)-c3cccc5cccc-4c35)cc2)cc1. The first-order chi connectivity index (χ1) is 28.3. The van der Waals surface area contributed by atoms with Crippen LogP contribution in [0.1, 0.15) is 0 Å². The van der Waals surface area contributed by atoms with E-state index in [4.69, 9.17) is 8.75 Å². The third kappa shape index (κ3) is 5.47. The van der Waals surface area contributed by atoms with Crippen molar-refractivity contribution >= 4 is 67.9 Å². The largest absolute Gasteiger partial charge is 0.443 e. The van der Waals surface area contributed by atoms with Crippen LogP contribution < -0.4 is 18.9 Å². The normalized spacial score (nSPS) is 11.5. The van der Waals surface area contributed by atoms with Crippen molar-refractivity contribution in [1.82, 2.24) is 8.75 Å². The molecule has 0 aliphatic heterocycles. The average molecular weight is 751 g/mol. The zero-order valence-corrected chi connectivity index (χ0v) is 31.5. The second-order valence-electron chi connectivity index (χ2n) is 14.0. The fraction of sp³-hybridized carbons (Fsp3) is 0. The van der Waals surface area contributed by atoms with E-state index in [-0.39, 0.29) is 0 Å². The molecule has 11 rings (SSSR count). The van der Waals surface area contributed by atoms with Crippen LogP contribution in [-0.4, -0.2) is 8.75 Å². The second kappa shape index (κ2) is 13.7. The molecule has 57 heavy (non-hydrogen) atoms. The van der Waals surface area contributed by atoms with Gasteiger partial charge in [-0.2, -0.15) is 9.13 Å². The molecule has 0 amide bonds. The molecule has 0 saturated carbocycles. The number of rotatable bonds is 8. The highest BCUT2D eigenvalue weighted by atomic mass is 32.1. The molecule has 268 valence electrons. The quantitative estimate of drug-likeness (QED) is 0.145. The van der Waals surface area contributed by atoms with Gasteiger partial charge in [0.2, 0.25) is 0 Å². The topological polar surface area (TPSA) is 40.0 Å². The number of nitrogens with zero attached hydrogens (tertiary/aromatic N) is 6. The lowest BCUT2D eigenvalue weighted by Crippen LogP contribution is -2.45. The summed E-state index contributed by atoms with van der Waals surface area (Å²) in [6.07, 6.45) is 0. The van der Waals surface area contributed by atoms with Gasteiger partial charge < -0.3 is 9.80 Å². The first-order valence-corrected chi connectivity index (χ1v) is 19.7. The fourth-order valence-corrected chi connectivity index (χ4v) is 8.85. The van der Waals surface area contributed by atoms with Crippen LogP contribution in [0.2, 0.25) is 0 Å². The molecule has 0 spiro atoms. The second-order valence-corrected chi connectivity index (χ2v) is 14.6. The molecule has 10 aromatic rings. The van der Waals surface area contributed by atoms with Gasteiger partial charge in [-0.15, -0.1) is 0 Å². The van der Waals surface area contributed by atoms with Crippen molar-refractivity contribution in [2.24, 2.45) is 0 Å². The van der Waals surface area contributed by atoms with Crippen LogP contribution in [0, 0.1) is 0 Å². The van der Waals surface area contributed by atoms with Gasteiger partial charge in [-0.1, -0.05) is 97.1 Å². The molecule has 0 atom stereocenters. The standard InChI is InChI=1S/C50H34N6S/c1-5-17-36(18-6-1)53(37-19-7-2-8-20-37)40-27-31-42(32-28-40)55-47-44-25-13-15-35-16-14-26-45(46(35)44)48(47)56(50-49(55)51-57-52-50)43-33-29-41(30-34-43)54(38-21-9-3-10-22-38)39-23-11-4-12-24-39/h1-34H/q+2. The Morgan fingerprint density at radius 1 is 0.333 bits per heavy atom. The summed E-state index contributed by atoms with van der Waals surface area (Å²) in [5, 5.41) is 2.44. The molecule has 0 fully saturated rings. The van der Waals surface area contributed by atoms with Crippen LogP contribution in [-0.2, 0) is 0 Å². The highest BCUT2D eigenvalue weighted by Gasteiger charge is 2.41. The maximum atomic E-state index is 5.02. The Morgan fingerprint density at radius 2 is 0.667 bits per heavy atom. The molecule has 2 heterocycles. The van der Waals surface area contributed by atoms with E-state index in [1.807, 2.05) is 0 Å². The van der Waals surface area contributed by atoms with Gasteiger partial charge in [0.05, 0.1) is 8.75 Å². The number of fused-ring (bicyclic) bond motifs is 4. The highest BCUT2D eigenvalue weighted by Crippen LogP contribution is 2.46. The summed E-state index contributed by atoms with van der Waals surface area (Å²) in [5.74, 6) is 0. The van der Waals surface area contributed by atoms with Crippen LogP contribution >= 0.6 is 11.7 Å². The summed E-state index contributed by atoms with van der Waals surface area (Å²) in [5.41, 5.74) is 14.7. The Morgan fingerprint density at radius 3 is 1.02 bits per heavy atom. The van der Waals surface area contributed by atoms with E-state index < -0.39 is 0 Å². The van der Waals surface area contributed by atoms with Crippen molar-refractivity contribution < 1.29 is 9.13 Å². The van der Waals surface area contributed by atoms with E-state index in [2.05, 4.69) is 225 Å². The van der Waals surface area contributed by atoms with Crippen molar-refractivity contribution in [2.75, 3.05) is 9.80 Å². The van der Waals surface area contributed by atoms with E-state index in [9.17, 15) is 0 Å². The molecule has 1 aliphatic carbocycles. The van der Waals surface area contributed by atoms with E-state index in [0.717, 1.165) is 68.2 Å². The number of aromatic nitrogens is 4. The van der Waals surface area contributed by atoms with Crippen molar-refractivity contribution in [2.45, 2.75) is 0 Å². The van der Waals surface area contributed by atoms with Gasteiger partial charge in [0.25, 0.3) is 0 Å². The summed E-state index contributed by atoms with van der Waals surface area (Å²) < 4.78 is 14.6. The molecule has 0 saturated heterocycles. The molecule has 0 radical (unpaired) electrons. The lowest BCUT2D eigenvalue weighted by atomic mass is 10.0. The molecule has 0 unspecified atom stereocenters. The van der Waals surface area contributed by atoms with Crippen molar-refractivity contribution in [3.05, 3.63) is 206 Å². The average Bonchev–Trinajstić information content (AvgIpc) is 3.90. The van der Waals surface area contributed by atoms with Gasteiger partial charge in [-0.25, -0.2) is 0 Å². The minimum absolute atomic E-state index is 0.804. The number of hydrogen-bond donors (Lipinski definition) is 0. The van der Waals surface area contributed by atoms with Crippen LogP contribution in [0.15, 0.2) is 206 Å². The number of para-hydroxylation sites is 4.